The van der Waals surface area contributed by atoms with Gasteiger partial charge in [0.05, 0.1) is 5.56 Å². The fourth-order valence-corrected chi connectivity index (χ4v) is 2.96. The van der Waals surface area contributed by atoms with E-state index in [1.807, 2.05) is 18.2 Å². The summed E-state index contributed by atoms with van der Waals surface area (Å²) in [4.78, 5) is 39.6. The van der Waals surface area contributed by atoms with E-state index in [0.29, 0.717) is 11.1 Å². The average Bonchev–Trinajstić information content (AvgIpc) is 2.96. The van der Waals surface area contributed by atoms with Crippen molar-refractivity contribution < 1.29 is 19.5 Å². The number of carbonyl (C=O) groups is 3. The molecule has 3 rings (SSSR count). The zero-order valence-corrected chi connectivity index (χ0v) is 14.2. The molecule has 1 amide bonds. The van der Waals surface area contributed by atoms with E-state index in [1.165, 1.54) is 0 Å². The van der Waals surface area contributed by atoms with Crippen LogP contribution in [0.4, 0.5) is 0 Å². The number of aryl methyl sites for hydroxylation is 1. The van der Waals surface area contributed by atoms with Crippen LogP contribution in [0.15, 0.2) is 54.6 Å². The van der Waals surface area contributed by atoms with Gasteiger partial charge in [0.25, 0.3) is 11.7 Å². The highest BCUT2D eigenvalue weighted by Gasteiger charge is 2.27. The molecule has 6 heteroatoms. The normalized spacial score (nSPS) is 11.9. The molecule has 0 bridgehead atoms. The second-order valence-corrected chi connectivity index (χ2v) is 6.05. The van der Waals surface area contributed by atoms with Gasteiger partial charge in [-0.3, -0.25) is 9.59 Å². The molecule has 0 fully saturated rings. The predicted octanol–water partition coefficient (Wildman–Crippen LogP) is 2.47. The monoisotopic (exact) mass is 350 g/mol. The van der Waals surface area contributed by atoms with Gasteiger partial charge in [0.2, 0.25) is 0 Å². The maximum absolute atomic E-state index is 12.6. The van der Waals surface area contributed by atoms with Crippen molar-refractivity contribution in [3.05, 3.63) is 71.4 Å². The number of benzene rings is 2. The zero-order chi connectivity index (χ0) is 18.7. The molecular weight excluding hydrogens is 332 g/mol. The Balaban J connectivity index is 1.82. The van der Waals surface area contributed by atoms with E-state index < -0.39 is 23.7 Å². The van der Waals surface area contributed by atoms with E-state index in [2.05, 4.69) is 10.3 Å². The molecule has 3 N–H and O–H groups in total. The van der Waals surface area contributed by atoms with E-state index in [9.17, 15) is 19.5 Å². The summed E-state index contributed by atoms with van der Waals surface area (Å²) < 4.78 is 0. The highest BCUT2D eigenvalue weighted by atomic mass is 16.4. The van der Waals surface area contributed by atoms with Crippen molar-refractivity contribution in [2.24, 2.45) is 0 Å². The third kappa shape index (κ3) is 3.49. The van der Waals surface area contributed by atoms with Gasteiger partial charge in [-0.25, -0.2) is 4.79 Å². The zero-order valence-electron chi connectivity index (χ0n) is 14.2. The van der Waals surface area contributed by atoms with Crippen molar-refractivity contribution in [1.29, 1.82) is 0 Å². The highest BCUT2D eigenvalue weighted by Crippen LogP contribution is 2.22. The summed E-state index contributed by atoms with van der Waals surface area (Å²) in [6, 6.07) is 14.9. The Morgan fingerprint density at radius 1 is 1.04 bits per heavy atom. The van der Waals surface area contributed by atoms with Crippen LogP contribution in [0.25, 0.3) is 10.9 Å². The van der Waals surface area contributed by atoms with Gasteiger partial charge in [-0.2, -0.15) is 0 Å². The largest absolute Gasteiger partial charge is 0.480 e. The van der Waals surface area contributed by atoms with Crippen LogP contribution in [0, 0.1) is 6.92 Å². The van der Waals surface area contributed by atoms with Crippen molar-refractivity contribution >= 4 is 28.6 Å². The van der Waals surface area contributed by atoms with Gasteiger partial charge in [0.15, 0.2) is 0 Å². The molecule has 0 saturated carbocycles. The number of rotatable bonds is 6. The number of hydrogen-bond acceptors (Lipinski definition) is 3. The molecule has 26 heavy (non-hydrogen) atoms. The first-order valence-electron chi connectivity index (χ1n) is 8.16. The Labute approximate surface area is 149 Å². The van der Waals surface area contributed by atoms with Gasteiger partial charge in [0.1, 0.15) is 6.04 Å². The minimum atomic E-state index is -1.19. The second-order valence-electron chi connectivity index (χ2n) is 6.05. The lowest BCUT2D eigenvalue weighted by Gasteiger charge is -2.14. The lowest BCUT2D eigenvalue weighted by Crippen LogP contribution is -2.45. The minimum Gasteiger partial charge on any atom is -0.480 e. The number of aromatic nitrogens is 1. The first kappa shape index (κ1) is 17.4. The first-order valence-corrected chi connectivity index (χ1v) is 8.16. The Kier molecular flexibility index (Phi) is 4.84. The number of fused-ring (bicyclic) bond motifs is 1. The summed E-state index contributed by atoms with van der Waals surface area (Å²) in [6.45, 7) is 1.71. The van der Waals surface area contributed by atoms with Gasteiger partial charge < -0.3 is 15.4 Å². The number of carboxylic acids is 1. The maximum Gasteiger partial charge on any atom is 0.326 e. The lowest BCUT2D eigenvalue weighted by atomic mass is 10.0. The first-order chi connectivity index (χ1) is 12.5. The van der Waals surface area contributed by atoms with Crippen LogP contribution in [0.3, 0.4) is 0 Å². The van der Waals surface area contributed by atoms with Crippen molar-refractivity contribution in [3.63, 3.8) is 0 Å². The van der Waals surface area contributed by atoms with Crippen molar-refractivity contribution in [2.45, 2.75) is 19.4 Å². The number of hydrogen-bond donors (Lipinski definition) is 3. The number of aromatic amines is 1. The van der Waals surface area contributed by atoms with E-state index in [0.717, 1.165) is 11.1 Å². The van der Waals surface area contributed by atoms with E-state index >= 15 is 0 Å². The van der Waals surface area contributed by atoms with Crippen molar-refractivity contribution in [2.75, 3.05) is 0 Å². The van der Waals surface area contributed by atoms with E-state index in [1.54, 1.807) is 43.3 Å². The summed E-state index contributed by atoms with van der Waals surface area (Å²) in [7, 11) is 0. The molecule has 3 aromatic rings. The molecule has 0 aliphatic heterocycles. The summed E-state index contributed by atoms with van der Waals surface area (Å²) in [5.41, 5.74) is 2.35. The summed E-state index contributed by atoms with van der Waals surface area (Å²) in [5, 5.41) is 12.4. The molecule has 0 spiro atoms. The van der Waals surface area contributed by atoms with Gasteiger partial charge in [-0.15, -0.1) is 0 Å². The molecule has 6 nitrogen and oxygen atoms in total. The van der Waals surface area contributed by atoms with Crippen LogP contribution in [-0.2, 0) is 16.0 Å². The van der Waals surface area contributed by atoms with Crippen LogP contribution < -0.4 is 5.32 Å². The Bertz CT molecular complexity index is 976. The molecule has 1 heterocycles. The molecule has 0 unspecified atom stereocenters. The molecule has 0 aliphatic carbocycles. The van der Waals surface area contributed by atoms with Crippen LogP contribution in [0.5, 0.6) is 0 Å². The van der Waals surface area contributed by atoms with Crippen LogP contribution in [-0.4, -0.2) is 33.8 Å². The number of H-pyrrole nitrogens is 1. The molecule has 0 aliphatic rings. The second kappa shape index (κ2) is 7.23. The van der Waals surface area contributed by atoms with Crippen molar-refractivity contribution in [1.82, 2.24) is 10.3 Å². The molecule has 1 aromatic heterocycles. The number of carboxylic acid groups (broad SMARTS) is 1. The van der Waals surface area contributed by atoms with Crippen molar-refractivity contribution in [3.8, 4) is 0 Å². The standard InChI is InChI=1S/C20H18N2O4/c1-12-17(14-9-5-6-10-15(14)21-12)18(23)19(24)22-16(20(25)26)11-13-7-3-2-4-8-13/h2-10,16,21H,11H2,1H3,(H,22,24)(H,25,26)/t16-/m1/s1. The van der Waals surface area contributed by atoms with Gasteiger partial charge in [-0.1, -0.05) is 48.5 Å². The van der Waals surface area contributed by atoms with Gasteiger partial charge >= 0.3 is 5.97 Å². The predicted molar refractivity (Wildman–Crippen MR) is 97.1 cm³/mol. The number of para-hydroxylation sites is 1. The maximum atomic E-state index is 12.6. The van der Waals surface area contributed by atoms with Gasteiger partial charge in [-0.05, 0) is 18.6 Å². The molecule has 0 radical (unpaired) electrons. The van der Waals surface area contributed by atoms with E-state index in [-0.39, 0.29) is 12.0 Å². The van der Waals surface area contributed by atoms with Crippen LogP contribution in [0.2, 0.25) is 0 Å². The molecule has 1 atom stereocenters. The number of ketones is 1. The fourth-order valence-electron chi connectivity index (χ4n) is 2.96. The topological polar surface area (TPSA) is 99.3 Å². The summed E-state index contributed by atoms with van der Waals surface area (Å²) >= 11 is 0. The number of amides is 1. The Morgan fingerprint density at radius 3 is 2.38 bits per heavy atom. The highest BCUT2D eigenvalue weighted by molar-refractivity contribution is 6.45. The number of nitrogens with one attached hydrogen (secondary N) is 2. The smallest absolute Gasteiger partial charge is 0.326 e. The third-order valence-corrected chi connectivity index (χ3v) is 4.21. The van der Waals surface area contributed by atoms with Crippen LogP contribution >= 0.6 is 0 Å². The summed E-state index contributed by atoms with van der Waals surface area (Å²) in [5.74, 6) is -2.87. The number of Topliss-reactive ketones (excluding diaryl/α,β-unsaturated/α-hetero) is 1. The van der Waals surface area contributed by atoms with E-state index in [4.69, 9.17) is 0 Å². The molecule has 2 aromatic carbocycles. The fraction of sp³-hybridized carbons (Fsp3) is 0.150. The Hall–Kier alpha value is -3.41. The lowest BCUT2D eigenvalue weighted by molar-refractivity contribution is -0.141. The summed E-state index contributed by atoms with van der Waals surface area (Å²) in [6.07, 6.45) is 0.0993. The average molecular weight is 350 g/mol. The third-order valence-electron chi connectivity index (χ3n) is 4.21. The molecule has 132 valence electrons. The van der Waals surface area contributed by atoms with Crippen LogP contribution in [0.1, 0.15) is 21.6 Å². The quantitative estimate of drug-likeness (QED) is 0.470. The minimum absolute atomic E-state index is 0.0993. The Morgan fingerprint density at radius 2 is 1.69 bits per heavy atom. The molecular formula is C20H18N2O4. The number of carbonyl (C=O) groups excluding carboxylic acids is 2. The molecule has 0 saturated heterocycles. The number of aliphatic carboxylic acids is 1. The SMILES string of the molecule is Cc1[nH]c2ccccc2c1C(=O)C(=O)N[C@H](Cc1ccccc1)C(=O)O. The van der Waals surface area contributed by atoms with Gasteiger partial charge in [0, 0.05) is 23.0 Å².